The Morgan fingerprint density at radius 1 is 1.33 bits per heavy atom. The highest BCUT2D eigenvalue weighted by Gasteiger charge is 2.45. The highest BCUT2D eigenvalue weighted by atomic mass is 16.5. The van der Waals surface area contributed by atoms with Crippen LogP contribution in [0.1, 0.15) is 24.3 Å². The Kier molecular flexibility index (Phi) is 3.97. The van der Waals surface area contributed by atoms with E-state index in [1.54, 1.807) is 7.11 Å². The van der Waals surface area contributed by atoms with Gasteiger partial charge in [-0.1, -0.05) is 30.4 Å². The lowest BCUT2D eigenvalue weighted by Crippen LogP contribution is -2.34. The van der Waals surface area contributed by atoms with Gasteiger partial charge in [-0.15, -0.1) is 0 Å². The molecule has 0 aromatic heterocycles. The van der Waals surface area contributed by atoms with Crippen LogP contribution in [0.3, 0.4) is 0 Å². The quantitative estimate of drug-likeness (QED) is 0.813. The van der Waals surface area contributed by atoms with Crippen LogP contribution in [0.5, 0.6) is 5.75 Å². The van der Waals surface area contributed by atoms with Gasteiger partial charge in [0, 0.05) is 24.5 Å². The minimum atomic E-state index is 0.0443. The van der Waals surface area contributed by atoms with Gasteiger partial charge < -0.3 is 15.2 Å². The summed E-state index contributed by atoms with van der Waals surface area (Å²) in [4.78, 5) is 12.3. The molecule has 0 aliphatic heterocycles. The first-order chi connectivity index (χ1) is 10.2. The second-order valence-corrected chi connectivity index (χ2v) is 5.87. The summed E-state index contributed by atoms with van der Waals surface area (Å²) in [5, 5.41) is 12.2. The zero-order valence-electron chi connectivity index (χ0n) is 12.2. The Labute approximate surface area is 124 Å². The predicted molar refractivity (Wildman–Crippen MR) is 80.1 cm³/mol. The number of carbonyl (C=O) groups is 1. The molecule has 1 amide bonds. The van der Waals surface area contributed by atoms with Crippen LogP contribution in [0.4, 0.5) is 0 Å². The van der Waals surface area contributed by atoms with E-state index >= 15 is 0 Å². The largest absolute Gasteiger partial charge is 0.496 e. The average molecular weight is 287 g/mol. The third-order valence-electron chi connectivity index (χ3n) is 4.40. The molecule has 1 aromatic rings. The molecule has 3 rings (SSSR count). The Morgan fingerprint density at radius 3 is 2.86 bits per heavy atom. The molecule has 0 heterocycles. The van der Waals surface area contributed by atoms with Gasteiger partial charge in [0.2, 0.25) is 5.91 Å². The third kappa shape index (κ3) is 2.95. The van der Waals surface area contributed by atoms with Gasteiger partial charge in [0.05, 0.1) is 7.11 Å². The van der Waals surface area contributed by atoms with Crippen molar-refractivity contribution in [3.63, 3.8) is 0 Å². The van der Waals surface area contributed by atoms with Crippen molar-refractivity contribution >= 4 is 5.91 Å². The van der Waals surface area contributed by atoms with Gasteiger partial charge in [0.1, 0.15) is 5.75 Å². The molecule has 112 valence electrons. The number of para-hydroxylation sites is 1. The number of rotatable bonds is 5. The topological polar surface area (TPSA) is 58.6 Å². The van der Waals surface area contributed by atoms with Crippen molar-refractivity contribution in [2.45, 2.75) is 24.8 Å². The summed E-state index contributed by atoms with van der Waals surface area (Å²) >= 11 is 0. The number of amides is 1. The molecule has 4 atom stereocenters. The second-order valence-electron chi connectivity index (χ2n) is 5.87. The highest BCUT2D eigenvalue weighted by molar-refractivity contribution is 5.83. The standard InChI is InChI=1S/C17H21NO3/c1-21-16-5-3-2-4-13(16)14-9-15(14)17(20)18-12-7-6-11(8-12)10-19/h2-7,11-12,14-15,19H,8-10H2,1H3,(H,18,20)/t11-,12+,14?,15?/m0/s1. The van der Waals surface area contributed by atoms with Gasteiger partial charge in [-0.05, 0) is 30.4 Å². The number of carbonyl (C=O) groups excluding carboxylic acids is 1. The maximum Gasteiger partial charge on any atom is 0.224 e. The maximum atomic E-state index is 12.3. The number of ether oxygens (including phenoxy) is 1. The number of aliphatic hydroxyl groups is 1. The zero-order valence-corrected chi connectivity index (χ0v) is 12.2. The second kappa shape index (κ2) is 5.90. The molecule has 0 radical (unpaired) electrons. The molecule has 2 N–H and O–H groups in total. The average Bonchev–Trinajstić information content (AvgIpc) is 3.20. The molecule has 1 saturated carbocycles. The lowest BCUT2D eigenvalue weighted by Gasteiger charge is -2.13. The maximum absolute atomic E-state index is 12.3. The van der Waals surface area contributed by atoms with E-state index in [-0.39, 0.29) is 36.3 Å². The van der Waals surface area contributed by atoms with E-state index in [4.69, 9.17) is 9.84 Å². The highest BCUT2D eigenvalue weighted by Crippen LogP contribution is 2.50. The first-order valence-corrected chi connectivity index (χ1v) is 7.45. The number of hydrogen-bond donors (Lipinski definition) is 2. The van der Waals surface area contributed by atoms with E-state index in [9.17, 15) is 4.79 Å². The lowest BCUT2D eigenvalue weighted by molar-refractivity contribution is -0.122. The number of methoxy groups -OCH3 is 1. The monoisotopic (exact) mass is 287 g/mol. The molecule has 4 nitrogen and oxygen atoms in total. The Balaban J connectivity index is 1.58. The van der Waals surface area contributed by atoms with Gasteiger partial charge in [-0.3, -0.25) is 4.79 Å². The molecule has 0 bridgehead atoms. The molecule has 21 heavy (non-hydrogen) atoms. The fourth-order valence-corrected chi connectivity index (χ4v) is 3.11. The fourth-order valence-electron chi connectivity index (χ4n) is 3.11. The Bertz CT molecular complexity index is 555. The van der Waals surface area contributed by atoms with Crippen LogP contribution in [0.2, 0.25) is 0 Å². The summed E-state index contributed by atoms with van der Waals surface area (Å²) in [6.45, 7) is 0.149. The van der Waals surface area contributed by atoms with E-state index in [1.165, 1.54) is 0 Å². The van der Waals surface area contributed by atoms with Crippen molar-refractivity contribution in [3.05, 3.63) is 42.0 Å². The van der Waals surface area contributed by atoms with Crippen molar-refractivity contribution < 1.29 is 14.6 Å². The van der Waals surface area contributed by atoms with Crippen molar-refractivity contribution in [1.82, 2.24) is 5.32 Å². The van der Waals surface area contributed by atoms with E-state index in [0.29, 0.717) is 0 Å². The molecule has 4 heteroatoms. The number of hydrogen-bond acceptors (Lipinski definition) is 3. The molecule has 1 fully saturated rings. The summed E-state index contributed by atoms with van der Waals surface area (Å²) in [5.41, 5.74) is 1.12. The molecule has 0 saturated heterocycles. The fraction of sp³-hybridized carbons (Fsp3) is 0.471. The zero-order chi connectivity index (χ0) is 14.8. The minimum Gasteiger partial charge on any atom is -0.496 e. The van der Waals surface area contributed by atoms with Crippen molar-refractivity contribution in [3.8, 4) is 5.75 Å². The van der Waals surface area contributed by atoms with Crippen LogP contribution >= 0.6 is 0 Å². The van der Waals surface area contributed by atoms with Gasteiger partial charge in [0.25, 0.3) is 0 Å². The van der Waals surface area contributed by atoms with Crippen LogP contribution in [0, 0.1) is 11.8 Å². The van der Waals surface area contributed by atoms with E-state index in [1.807, 2.05) is 36.4 Å². The SMILES string of the molecule is COc1ccccc1C1CC1C(=O)N[C@@H]1C=C[C@H](CO)C1. The van der Waals surface area contributed by atoms with Gasteiger partial charge in [0.15, 0.2) is 0 Å². The van der Waals surface area contributed by atoms with E-state index in [2.05, 4.69) is 5.32 Å². The summed E-state index contributed by atoms with van der Waals surface area (Å²) < 4.78 is 5.37. The Morgan fingerprint density at radius 2 is 2.14 bits per heavy atom. The Hall–Kier alpha value is -1.81. The van der Waals surface area contributed by atoms with Crippen LogP contribution < -0.4 is 10.1 Å². The summed E-state index contributed by atoms with van der Waals surface area (Å²) in [7, 11) is 1.66. The minimum absolute atomic E-state index is 0.0443. The van der Waals surface area contributed by atoms with Gasteiger partial charge >= 0.3 is 0 Å². The van der Waals surface area contributed by atoms with E-state index in [0.717, 1.165) is 24.2 Å². The van der Waals surface area contributed by atoms with Crippen molar-refractivity contribution in [2.24, 2.45) is 11.8 Å². The number of aliphatic hydroxyl groups excluding tert-OH is 1. The van der Waals surface area contributed by atoms with Crippen LogP contribution in [-0.2, 0) is 4.79 Å². The predicted octanol–water partition coefficient (Wildman–Crippen LogP) is 1.85. The normalized spacial score (nSPS) is 30.2. The van der Waals surface area contributed by atoms with Gasteiger partial charge in [-0.2, -0.15) is 0 Å². The van der Waals surface area contributed by atoms with E-state index < -0.39 is 0 Å². The van der Waals surface area contributed by atoms with Crippen molar-refractivity contribution in [2.75, 3.05) is 13.7 Å². The molecular weight excluding hydrogens is 266 g/mol. The molecule has 2 aliphatic carbocycles. The van der Waals surface area contributed by atoms with Crippen LogP contribution in [-0.4, -0.2) is 30.8 Å². The van der Waals surface area contributed by atoms with Crippen molar-refractivity contribution in [1.29, 1.82) is 0 Å². The molecule has 2 aliphatic rings. The lowest BCUT2D eigenvalue weighted by atomic mass is 10.1. The third-order valence-corrected chi connectivity index (χ3v) is 4.40. The molecule has 1 aromatic carbocycles. The van der Waals surface area contributed by atoms with Crippen LogP contribution in [0.25, 0.3) is 0 Å². The summed E-state index contributed by atoms with van der Waals surface area (Å²) in [6.07, 6.45) is 5.65. The van der Waals surface area contributed by atoms with Crippen LogP contribution in [0.15, 0.2) is 36.4 Å². The molecule has 2 unspecified atom stereocenters. The first-order valence-electron chi connectivity index (χ1n) is 7.45. The molecule has 0 spiro atoms. The number of nitrogens with one attached hydrogen (secondary N) is 1. The molecular formula is C17H21NO3. The first kappa shape index (κ1) is 14.1. The summed E-state index contributed by atoms with van der Waals surface area (Å²) in [6, 6.07) is 7.96. The smallest absolute Gasteiger partial charge is 0.224 e. The number of benzene rings is 1. The van der Waals surface area contributed by atoms with Gasteiger partial charge in [-0.25, -0.2) is 0 Å². The summed E-state index contributed by atoms with van der Waals surface area (Å²) in [5.74, 6) is 1.46.